The molecule has 26 heavy (non-hydrogen) atoms. The number of hydrogen-bond acceptors (Lipinski definition) is 3. The molecule has 6 heteroatoms. The third-order valence-corrected chi connectivity index (χ3v) is 5.46. The number of para-hydroxylation sites is 1. The van der Waals surface area contributed by atoms with Gasteiger partial charge in [0.15, 0.2) is 5.96 Å². The Balaban J connectivity index is 0.00000243. The van der Waals surface area contributed by atoms with Gasteiger partial charge in [-0.25, -0.2) is 0 Å². The molecule has 5 nitrogen and oxygen atoms in total. The topological polar surface area (TPSA) is 58.8 Å². The fraction of sp³-hybridized carbons (Fsp3) is 0.550. The number of benzene rings is 1. The maximum absolute atomic E-state index is 5.96. The quantitative estimate of drug-likeness (QED) is 0.361. The number of halogens is 1. The van der Waals surface area contributed by atoms with Gasteiger partial charge in [-0.05, 0) is 37.7 Å². The van der Waals surface area contributed by atoms with E-state index in [1.807, 2.05) is 25.2 Å². The first-order chi connectivity index (χ1) is 12.2. The number of guanidine groups is 1. The second-order valence-corrected chi connectivity index (χ2v) is 7.02. The summed E-state index contributed by atoms with van der Waals surface area (Å²) in [6.07, 6.45) is 4.96. The molecule has 1 saturated carbocycles. The molecule has 1 aromatic carbocycles. The van der Waals surface area contributed by atoms with Crippen LogP contribution in [0.25, 0.3) is 11.0 Å². The molecule has 1 aliphatic carbocycles. The zero-order valence-corrected chi connectivity index (χ0v) is 18.3. The normalized spacial score (nSPS) is 16.0. The minimum atomic E-state index is 0. The van der Waals surface area contributed by atoms with E-state index in [-0.39, 0.29) is 24.0 Å². The van der Waals surface area contributed by atoms with Gasteiger partial charge in [-0.15, -0.1) is 24.0 Å². The van der Waals surface area contributed by atoms with Crippen molar-refractivity contribution in [1.29, 1.82) is 0 Å². The zero-order chi connectivity index (χ0) is 17.7. The molecule has 0 bridgehead atoms. The number of aryl methyl sites for hydroxylation is 1. The van der Waals surface area contributed by atoms with E-state index in [1.165, 1.54) is 30.2 Å². The summed E-state index contributed by atoms with van der Waals surface area (Å²) in [5.41, 5.74) is 2.49. The van der Waals surface area contributed by atoms with E-state index in [0.717, 1.165) is 36.9 Å². The van der Waals surface area contributed by atoms with Crippen LogP contribution in [0.15, 0.2) is 33.7 Å². The van der Waals surface area contributed by atoms with E-state index < -0.39 is 0 Å². The maximum atomic E-state index is 5.96. The summed E-state index contributed by atoms with van der Waals surface area (Å²) in [5, 5.41) is 8.04. The largest absolute Gasteiger partial charge is 0.459 e. The van der Waals surface area contributed by atoms with Crippen LogP contribution in [0.3, 0.4) is 0 Å². The molecule has 0 amide bonds. The minimum Gasteiger partial charge on any atom is -0.459 e. The van der Waals surface area contributed by atoms with Gasteiger partial charge in [0, 0.05) is 38.3 Å². The lowest BCUT2D eigenvalue weighted by Gasteiger charge is -2.42. The summed E-state index contributed by atoms with van der Waals surface area (Å²) >= 11 is 0. The van der Waals surface area contributed by atoms with Crippen LogP contribution in [0, 0.1) is 12.3 Å². The van der Waals surface area contributed by atoms with Gasteiger partial charge in [0.05, 0.1) is 6.54 Å². The fourth-order valence-corrected chi connectivity index (χ4v) is 3.56. The Labute approximate surface area is 173 Å². The maximum Gasteiger partial charge on any atom is 0.191 e. The average molecular weight is 471 g/mol. The van der Waals surface area contributed by atoms with Crippen molar-refractivity contribution in [3.8, 4) is 0 Å². The molecule has 144 valence electrons. The molecule has 1 aromatic heterocycles. The lowest BCUT2D eigenvalue weighted by molar-refractivity contribution is 0.0732. The van der Waals surface area contributed by atoms with Gasteiger partial charge < -0.3 is 19.8 Å². The number of hydrogen-bond donors (Lipinski definition) is 2. The Bertz CT molecular complexity index is 738. The van der Waals surface area contributed by atoms with Crippen LogP contribution < -0.4 is 10.6 Å². The number of rotatable bonds is 7. The van der Waals surface area contributed by atoms with Gasteiger partial charge in [-0.1, -0.05) is 24.6 Å². The van der Waals surface area contributed by atoms with E-state index in [4.69, 9.17) is 9.15 Å². The molecular formula is C20H30IN3O2. The predicted octanol–water partition coefficient (Wildman–Crippen LogP) is 4.23. The van der Waals surface area contributed by atoms with E-state index in [0.29, 0.717) is 12.0 Å². The summed E-state index contributed by atoms with van der Waals surface area (Å²) in [7, 11) is 3.58. The highest BCUT2D eigenvalue weighted by Gasteiger charge is 2.36. The van der Waals surface area contributed by atoms with Crippen molar-refractivity contribution >= 4 is 40.9 Å². The highest BCUT2D eigenvalue weighted by molar-refractivity contribution is 14.0. The van der Waals surface area contributed by atoms with Crippen LogP contribution >= 0.6 is 24.0 Å². The van der Waals surface area contributed by atoms with Crippen molar-refractivity contribution in [3.63, 3.8) is 0 Å². The number of aliphatic imine (C=N–C) groups is 1. The van der Waals surface area contributed by atoms with Gasteiger partial charge in [0.1, 0.15) is 11.3 Å². The molecule has 1 heterocycles. The molecule has 0 saturated heterocycles. The monoisotopic (exact) mass is 471 g/mol. The number of nitrogens with zero attached hydrogens (tertiary/aromatic N) is 1. The number of furan rings is 1. The highest BCUT2D eigenvalue weighted by atomic mass is 127. The van der Waals surface area contributed by atoms with Crippen LogP contribution in [0.4, 0.5) is 0 Å². The Morgan fingerprint density at radius 2 is 2.04 bits per heavy atom. The van der Waals surface area contributed by atoms with Gasteiger partial charge in [-0.3, -0.25) is 4.99 Å². The fourth-order valence-electron chi connectivity index (χ4n) is 3.56. The number of nitrogens with one attached hydrogen (secondary N) is 2. The highest BCUT2D eigenvalue weighted by Crippen LogP contribution is 2.43. The Morgan fingerprint density at radius 3 is 2.65 bits per heavy atom. The molecule has 0 spiro atoms. The first-order valence-electron chi connectivity index (χ1n) is 9.08. The van der Waals surface area contributed by atoms with Crippen molar-refractivity contribution in [3.05, 3.63) is 35.6 Å². The molecule has 2 N–H and O–H groups in total. The van der Waals surface area contributed by atoms with Crippen molar-refractivity contribution in [1.82, 2.24) is 10.6 Å². The van der Waals surface area contributed by atoms with E-state index in [9.17, 15) is 0 Å². The third-order valence-electron chi connectivity index (χ3n) is 5.46. The first kappa shape index (κ1) is 21.0. The lowest BCUT2D eigenvalue weighted by atomic mass is 9.67. The smallest absolute Gasteiger partial charge is 0.191 e. The second-order valence-electron chi connectivity index (χ2n) is 7.02. The average Bonchev–Trinajstić information content (AvgIpc) is 2.92. The predicted molar refractivity (Wildman–Crippen MR) is 117 cm³/mol. The third kappa shape index (κ3) is 4.71. The van der Waals surface area contributed by atoms with Crippen molar-refractivity contribution < 1.29 is 9.15 Å². The molecule has 0 aliphatic heterocycles. The number of methoxy groups -OCH3 is 1. The molecule has 0 unspecified atom stereocenters. The Hall–Kier alpha value is -1.28. The van der Waals surface area contributed by atoms with Gasteiger partial charge in [0.25, 0.3) is 0 Å². The molecule has 0 atom stereocenters. The second kappa shape index (κ2) is 9.60. The van der Waals surface area contributed by atoms with E-state index >= 15 is 0 Å². The Morgan fingerprint density at radius 1 is 1.27 bits per heavy atom. The standard InChI is InChI=1S/C20H29N3O2.HI/c1-15-16-7-4-5-8-17(16)25-18(15)13-22-19(21-2)23-14-20(9-6-10-20)11-12-24-3;/h4-5,7-8H,6,9-14H2,1-3H3,(H2,21,22,23);1H. The van der Waals surface area contributed by atoms with Crippen molar-refractivity contribution in [2.24, 2.45) is 10.4 Å². The summed E-state index contributed by atoms with van der Waals surface area (Å²) in [4.78, 5) is 4.35. The van der Waals surface area contributed by atoms with Crippen LogP contribution in [-0.2, 0) is 11.3 Å². The van der Waals surface area contributed by atoms with Crippen molar-refractivity contribution in [2.45, 2.75) is 39.2 Å². The number of fused-ring (bicyclic) bond motifs is 1. The summed E-state index contributed by atoms with van der Waals surface area (Å²) in [6.45, 7) is 4.50. The van der Waals surface area contributed by atoms with Crippen LogP contribution in [-0.4, -0.2) is 33.3 Å². The van der Waals surface area contributed by atoms with Gasteiger partial charge in [-0.2, -0.15) is 0 Å². The summed E-state index contributed by atoms with van der Waals surface area (Å²) < 4.78 is 11.2. The van der Waals surface area contributed by atoms with Crippen molar-refractivity contribution in [2.75, 3.05) is 27.3 Å². The van der Waals surface area contributed by atoms with Gasteiger partial charge in [0.2, 0.25) is 0 Å². The van der Waals surface area contributed by atoms with Crippen LogP contribution in [0.2, 0.25) is 0 Å². The van der Waals surface area contributed by atoms with Crippen LogP contribution in [0.1, 0.15) is 37.0 Å². The molecule has 1 aliphatic rings. The van der Waals surface area contributed by atoms with Crippen LogP contribution in [0.5, 0.6) is 0 Å². The SMILES string of the molecule is CN=C(NCc1oc2ccccc2c1C)NCC1(CCOC)CCC1.I. The molecule has 3 rings (SSSR count). The minimum absolute atomic E-state index is 0. The first-order valence-corrected chi connectivity index (χ1v) is 9.08. The molecule has 0 radical (unpaired) electrons. The van der Waals surface area contributed by atoms with E-state index in [1.54, 1.807) is 7.11 Å². The summed E-state index contributed by atoms with van der Waals surface area (Å²) in [5.74, 6) is 1.78. The lowest BCUT2D eigenvalue weighted by Crippen LogP contribution is -2.46. The van der Waals surface area contributed by atoms with E-state index in [2.05, 4.69) is 28.6 Å². The number of ether oxygens (including phenoxy) is 1. The molecular weight excluding hydrogens is 441 g/mol. The van der Waals surface area contributed by atoms with Gasteiger partial charge >= 0.3 is 0 Å². The zero-order valence-electron chi connectivity index (χ0n) is 15.9. The summed E-state index contributed by atoms with van der Waals surface area (Å²) in [6, 6.07) is 8.15. The molecule has 2 aromatic rings. The Kier molecular flexibility index (Phi) is 7.76. The molecule has 1 fully saturated rings.